The van der Waals surface area contributed by atoms with E-state index in [1.807, 2.05) is 0 Å². The van der Waals surface area contributed by atoms with Crippen molar-refractivity contribution in [2.45, 2.75) is 32.9 Å². The van der Waals surface area contributed by atoms with Gasteiger partial charge < -0.3 is 9.05 Å². The summed E-state index contributed by atoms with van der Waals surface area (Å²) in [5.74, 6) is -1.35. The second-order valence-corrected chi connectivity index (χ2v) is 6.89. The molecule has 5 nitrogen and oxygen atoms in total. The van der Waals surface area contributed by atoms with Crippen molar-refractivity contribution in [2.75, 3.05) is 13.2 Å². The van der Waals surface area contributed by atoms with Crippen LogP contribution in [0.25, 0.3) is 0 Å². The Bertz CT molecular complexity index is 560. The van der Waals surface area contributed by atoms with Crippen molar-refractivity contribution in [2.24, 2.45) is 0 Å². The van der Waals surface area contributed by atoms with Crippen LogP contribution in [0.3, 0.4) is 0 Å². The molecule has 0 fully saturated rings. The van der Waals surface area contributed by atoms with Crippen LogP contribution >= 0.6 is 7.60 Å². The Hall–Kier alpha value is -1.36. The van der Waals surface area contributed by atoms with Gasteiger partial charge in [0.15, 0.2) is 5.78 Å². The molecule has 0 saturated heterocycles. The average molecular weight is 330 g/mol. The average Bonchev–Trinajstić information content (AvgIpc) is 2.45. The standard InChI is InChI=1S/C15H20FO5P/c1-4-20-22(19,21-5-2)14(10-11(3)17)15(18)12-6-8-13(16)9-7-12/h6-9,14H,4-5,10H2,1-3H3. The Kier molecular flexibility index (Phi) is 7.07. The lowest BCUT2D eigenvalue weighted by Crippen LogP contribution is -2.26. The van der Waals surface area contributed by atoms with E-state index in [1.165, 1.54) is 19.1 Å². The maximum absolute atomic E-state index is 13.0. The molecule has 0 aliphatic carbocycles. The van der Waals surface area contributed by atoms with E-state index in [2.05, 4.69) is 0 Å². The highest BCUT2D eigenvalue weighted by Crippen LogP contribution is 2.55. The van der Waals surface area contributed by atoms with E-state index >= 15 is 0 Å². The maximum atomic E-state index is 13.0. The molecule has 0 aliphatic rings. The van der Waals surface area contributed by atoms with Gasteiger partial charge in [-0.2, -0.15) is 0 Å². The minimum Gasteiger partial charge on any atom is -0.308 e. The number of Topliss-reactive ketones (excluding diaryl/α,β-unsaturated/α-hetero) is 2. The zero-order chi connectivity index (χ0) is 16.8. The van der Waals surface area contributed by atoms with Crippen molar-refractivity contribution in [3.8, 4) is 0 Å². The topological polar surface area (TPSA) is 69.7 Å². The first-order chi connectivity index (χ1) is 10.3. The summed E-state index contributed by atoms with van der Waals surface area (Å²) in [6.45, 7) is 4.72. The molecule has 0 spiro atoms. The van der Waals surface area contributed by atoms with Crippen molar-refractivity contribution in [1.82, 2.24) is 0 Å². The molecule has 0 radical (unpaired) electrons. The molecular formula is C15H20FO5P. The predicted octanol–water partition coefficient (Wildman–Crippen LogP) is 3.62. The lowest BCUT2D eigenvalue weighted by molar-refractivity contribution is -0.117. The molecule has 0 N–H and O–H groups in total. The molecule has 22 heavy (non-hydrogen) atoms. The first-order valence-electron chi connectivity index (χ1n) is 7.02. The van der Waals surface area contributed by atoms with Gasteiger partial charge in [-0.05, 0) is 45.0 Å². The van der Waals surface area contributed by atoms with Gasteiger partial charge in [0.05, 0.1) is 13.2 Å². The quantitative estimate of drug-likeness (QED) is 0.511. The van der Waals surface area contributed by atoms with Gasteiger partial charge in [0.25, 0.3) is 0 Å². The van der Waals surface area contributed by atoms with Crippen molar-refractivity contribution in [3.63, 3.8) is 0 Å². The fourth-order valence-corrected chi connectivity index (χ4v) is 4.08. The minimum atomic E-state index is -3.78. The maximum Gasteiger partial charge on any atom is 0.341 e. The summed E-state index contributed by atoms with van der Waals surface area (Å²) in [6, 6.07) is 4.83. The van der Waals surface area contributed by atoms with Crippen LogP contribution in [0, 0.1) is 5.82 Å². The molecule has 0 aliphatic heterocycles. The monoisotopic (exact) mass is 330 g/mol. The number of hydrogen-bond acceptors (Lipinski definition) is 5. The van der Waals surface area contributed by atoms with E-state index in [1.54, 1.807) is 13.8 Å². The number of benzene rings is 1. The Labute approximate surface area is 129 Å². The molecule has 1 aromatic carbocycles. The molecule has 0 amide bonds. The Morgan fingerprint density at radius 2 is 1.64 bits per heavy atom. The van der Waals surface area contributed by atoms with E-state index in [0.29, 0.717) is 0 Å². The molecular weight excluding hydrogens is 310 g/mol. The van der Waals surface area contributed by atoms with Crippen LogP contribution in [0.1, 0.15) is 37.6 Å². The fourth-order valence-electron chi connectivity index (χ4n) is 2.00. The van der Waals surface area contributed by atoms with Gasteiger partial charge in [-0.1, -0.05) is 0 Å². The number of rotatable bonds is 9. The summed E-state index contributed by atoms with van der Waals surface area (Å²) in [5, 5.41) is 0. The summed E-state index contributed by atoms with van der Waals surface area (Å²) in [4.78, 5) is 24.0. The molecule has 122 valence electrons. The summed E-state index contributed by atoms with van der Waals surface area (Å²) in [5.41, 5.74) is -1.07. The van der Waals surface area contributed by atoms with E-state index in [9.17, 15) is 18.5 Å². The van der Waals surface area contributed by atoms with Crippen LogP contribution in [-0.2, 0) is 18.4 Å². The third-order valence-electron chi connectivity index (χ3n) is 2.91. The van der Waals surface area contributed by atoms with E-state index in [-0.39, 0.29) is 31.0 Å². The Balaban J connectivity index is 3.20. The van der Waals surface area contributed by atoms with E-state index in [0.717, 1.165) is 12.1 Å². The highest BCUT2D eigenvalue weighted by molar-refractivity contribution is 7.55. The zero-order valence-corrected chi connectivity index (χ0v) is 13.8. The third-order valence-corrected chi connectivity index (χ3v) is 5.33. The number of hydrogen-bond donors (Lipinski definition) is 0. The molecule has 1 unspecified atom stereocenters. The molecule has 0 heterocycles. The highest BCUT2D eigenvalue weighted by Gasteiger charge is 2.41. The van der Waals surface area contributed by atoms with Gasteiger partial charge in [0.2, 0.25) is 0 Å². The molecule has 1 atom stereocenters. The lowest BCUT2D eigenvalue weighted by atomic mass is 10.0. The first kappa shape index (κ1) is 18.7. The van der Waals surface area contributed by atoms with Crippen molar-refractivity contribution < 1.29 is 27.6 Å². The number of ketones is 2. The zero-order valence-electron chi connectivity index (χ0n) is 12.9. The molecule has 1 aromatic rings. The summed E-state index contributed by atoms with van der Waals surface area (Å²) in [6.07, 6.45) is -0.256. The fraction of sp³-hybridized carbons (Fsp3) is 0.467. The Morgan fingerprint density at radius 1 is 1.14 bits per heavy atom. The number of carbonyl (C=O) groups excluding carboxylic acids is 2. The van der Waals surface area contributed by atoms with Gasteiger partial charge in [-0.25, -0.2) is 4.39 Å². The van der Waals surface area contributed by atoms with Gasteiger partial charge in [0.1, 0.15) is 17.3 Å². The lowest BCUT2D eigenvalue weighted by Gasteiger charge is -2.24. The van der Waals surface area contributed by atoms with Gasteiger partial charge >= 0.3 is 7.60 Å². The molecule has 0 saturated carbocycles. The van der Waals surface area contributed by atoms with Crippen LogP contribution in [-0.4, -0.2) is 30.4 Å². The molecule has 0 bridgehead atoms. The van der Waals surface area contributed by atoms with Crippen molar-refractivity contribution in [3.05, 3.63) is 35.6 Å². The molecule has 7 heteroatoms. The van der Waals surface area contributed by atoms with Gasteiger partial charge in [0, 0.05) is 12.0 Å². The summed E-state index contributed by atoms with van der Waals surface area (Å²) in [7, 11) is -3.78. The summed E-state index contributed by atoms with van der Waals surface area (Å²) < 4.78 is 36.2. The number of halogens is 1. The van der Waals surface area contributed by atoms with Crippen LogP contribution in [0.15, 0.2) is 24.3 Å². The third kappa shape index (κ3) is 4.83. The predicted molar refractivity (Wildman–Crippen MR) is 80.7 cm³/mol. The van der Waals surface area contributed by atoms with Crippen LogP contribution in [0.4, 0.5) is 4.39 Å². The smallest absolute Gasteiger partial charge is 0.308 e. The van der Waals surface area contributed by atoms with E-state index in [4.69, 9.17) is 9.05 Å². The molecule has 1 rings (SSSR count). The minimum absolute atomic E-state index is 0.0857. The largest absolute Gasteiger partial charge is 0.341 e. The van der Waals surface area contributed by atoms with Crippen LogP contribution in [0.2, 0.25) is 0 Å². The SMILES string of the molecule is CCOP(=O)(OCC)C(CC(C)=O)C(=O)c1ccc(F)cc1. The normalized spacial score (nSPS) is 12.9. The first-order valence-corrected chi connectivity index (χ1v) is 8.63. The second-order valence-electron chi connectivity index (χ2n) is 4.67. The molecule has 0 aromatic heterocycles. The Morgan fingerprint density at radius 3 is 2.05 bits per heavy atom. The van der Waals surface area contributed by atoms with Crippen LogP contribution < -0.4 is 0 Å². The van der Waals surface area contributed by atoms with Crippen molar-refractivity contribution >= 4 is 19.2 Å². The summed E-state index contributed by atoms with van der Waals surface area (Å²) >= 11 is 0. The second kappa shape index (κ2) is 8.32. The van der Waals surface area contributed by atoms with Gasteiger partial charge in [-0.15, -0.1) is 0 Å². The van der Waals surface area contributed by atoms with Crippen molar-refractivity contribution in [1.29, 1.82) is 0 Å². The highest BCUT2D eigenvalue weighted by atomic mass is 31.2. The number of carbonyl (C=O) groups is 2. The van der Waals surface area contributed by atoms with E-state index < -0.39 is 24.9 Å². The van der Waals surface area contributed by atoms with Crippen LogP contribution in [0.5, 0.6) is 0 Å². The van der Waals surface area contributed by atoms with Gasteiger partial charge in [-0.3, -0.25) is 14.2 Å².